The number of halogens is 6. The minimum atomic E-state index is -5.91. The van der Waals surface area contributed by atoms with E-state index in [1.165, 1.54) is 5.57 Å². The molecule has 4 nitrogen and oxygen atoms in total. The highest BCUT2D eigenvalue weighted by Gasteiger charge is 2.69. The molecule has 0 aromatic heterocycles. The largest absolute Gasteiger partial charge is 0.429 e. The van der Waals surface area contributed by atoms with Crippen LogP contribution in [0.2, 0.25) is 0 Å². The highest BCUT2D eigenvalue weighted by Crippen LogP contribution is 2.60. The van der Waals surface area contributed by atoms with Crippen molar-refractivity contribution in [1.82, 2.24) is 0 Å². The van der Waals surface area contributed by atoms with E-state index in [1.807, 2.05) is 12.2 Å². The van der Waals surface area contributed by atoms with Gasteiger partial charge < -0.3 is 20.4 Å². The second-order valence-corrected chi connectivity index (χ2v) is 13.5. The monoisotopic (exact) mass is 608 g/mol. The van der Waals surface area contributed by atoms with Gasteiger partial charge in [-0.05, 0) is 112 Å². The van der Waals surface area contributed by atoms with E-state index in [4.69, 9.17) is 0 Å². The van der Waals surface area contributed by atoms with E-state index in [1.54, 1.807) is 13.8 Å². The number of rotatable bonds is 9. The van der Waals surface area contributed by atoms with Crippen LogP contribution in [0.4, 0.5) is 26.3 Å². The second-order valence-electron chi connectivity index (χ2n) is 13.5. The van der Waals surface area contributed by atoms with E-state index in [9.17, 15) is 46.8 Å². The molecule has 0 aliphatic heterocycles. The molecule has 6 atom stereocenters. The Bertz CT molecular complexity index is 1040. The maximum Gasteiger partial charge on any atom is 0.429 e. The van der Waals surface area contributed by atoms with Crippen molar-refractivity contribution in [3.05, 3.63) is 47.6 Å². The zero-order valence-electron chi connectivity index (χ0n) is 24.7. The van der Waals surface area contributed by atoms with Crippen molar-refractivity contribution in [2.75, 3.05) is 0 Å². The lowest BCUT2D eigenvalue weighted by Crippen LogP contribution is -2.55. The number of aliphatic hydroxyl groups is 4. The van der Waals surface area contributed by atoms with Gasteiger partial charge in [-0.25, -0.2) is 0 Å². The van der Waals surface area contributed by atoms with E-state index < -0.39 is 35.8 Å². The summed E-state index contributed by atoms with van der Waals surface area (Å²) in [5, 5.41) is 40.1. The van der Waals surface area contributed by atoms with Crippen LogP contribution >= 0.6 is 0 Å². The fraction of sp³-hybridized carbons (Fsp3) is 0.750. The first-order valence-corrected chi connectivity index (χ1v) is 14.9. The summed E-state index contributed by atoms with van der Waals surface area (Å²) in [5.74, 6) is -0.0169. The third-order valence-electron chi connectivity index (χ3n) is 9.90. The predicted molar refractivity (Wildman–Crippen MR) is 149 cm³/mol. The van der Waals surface area contributed by atoms with Crippen LogP contribution in [0.5, 0.6) is 0 Å². The Morgan fingerprint density at radius 1 is 1.02 bits per heavy atom. The molecule has 0 aromatic rings. The normalized spacial score (nSPS) is 32.6. The van der Waals surface area contributed by atoms with Gasteiger partial charge in [-0.1, -0.05) is 43.7 Å². The van der Waals surface area contributed by atoms with Gasteiger partial charge in [-0.2, -0.15) is 26.3 Å². The van der Waals surface area contributed by atoms with Gasteiger partial charge in [0.2, 0.25) is 0 Å². The van der Waals surface area contributed by atoms with E-state index >= 15 is 0 Å². The average Bonchev–Trinajstić information content (AvgIpc) is 3.19. The number of allylic oxidation sites excluding steroid dienone is 4. The fourth-order valence-electron chi connectivity index (χ4n) is 7.56. The van der Waals surface area contributed by atoms with E-state index in [-0.39, 0.29) is 42.1 Å². The van der Waals surface area contributed by atoms with Crippen LogP contribution in [0.25, 0.3) is 0 Å². The highest BCUT2D eigenvalue weighted by molar-refractivity contribution is 5.38. The molecule has 0 bridgehead atoms. The SMILES string of the molecule is C=C1/C(=C\C=C2/CCC[C@]3(C)[C@@H]([C@H](C/C=C\C(O)(C(F)(F)F)C(F)(F)F)CCCC(C)(C)O)CC[C@@H]23)C[C@@H](O)C[C@@H]1O. The Kier molecular flexibility index (Phi) is 10.6. The number of alkyl halides is 6. The molecular formula is C32H46F6O4. The molecule has 0 radical (unpaired) electrons. The first kappa shape index (κ1) is 34.9. The van der Waals surface area contributed by atoms with Gasteiger partial charge in [-0.15, -0.1) is 0 Å². The van der Waals surface area contributed by atoms with Crippen LogP contribution in [0.3, 0.4) is 0 Å². The molecule has 10 heteroatoms. The zero-order chi connectivity index (χ0) is 31.7. The van der Waals surface area contributed by atoms with Gasteiger partial charge in [-0.3, -0.25) is 0 Å². The molecule has 3 rings (SSSR count). The summed E-state index contributed by atoms with van der Waals surface area (Å²) in [6, 6.07) is 0. The molecule has 0 saturated heterocycles. The van der Waals surface area contributed by atoms with Crippen LogP contribution in [0.1, 0.15) is 91.4 Å². The minimum Gasteiger partial charge on any atom is -0.393 e. The molecule has 0 heterocycles. The Labute approximate surface area is 244 Å². The molecule has 3 aliphatic carbocycles. The van der Waals surface area contributed by atoms with Gasteiger partial charge >= 0.3 is 12.4 Å². The standard InChI is InChI=1S/C32H46F6O4/c1-20-23(18-24(39)19-27(20)40)12-11-22-9-6-16-29(4)25(13-14-26(22)29)21(8-5-15-28(2,3)41)10-7-17-30(42,31(33,34)35)32(36,37)38/h7,11-12,17,21,24-27,39-42H,1,5-6,8-10,13-16,18-19H2,2-4H3/b17-7-,22-11+,23-12-/t21-,24+,25+,26-,27-,29+/m0/s1. The molecule has 0 unspecified atom stereocenters. The number of aliphatic hydroxyl groups excluding tert-OH is 2. The van der Waals surface area contributed by atoms with Crippen molar-refractivity contribution in [2.24, 2.45) is 23.2 Å². The van der Waals surface area contributed by atoms with Gasteiger partial charge in [0.25, 0.3) is 5.60 Å². The molecule has 4 N–H and O–H groups in total. The summed E-state index contributed by atoms with van der Waals surface area (Å²) in [7, 11) is 0. The fourth-order valence-corrected chi connectivity index (χ4v) is 7.56. The van der Waals surface area contributed by atoms with Crippen LogP contribution in [0, 0.1) is 23.2 Å². The van der Waals surface area contributed by atoms with Gasteiger partial charge in [0.05, 0.1) is 17.8 Å². The Morgan fingerprint density at radius 3 is 2.26 bits per heavy atom. The van der Waals surface area contributed by atoms with Crippen LogP contribution in [0.15, 0.2) is 47.6 Å². The van der Waals surface area contributed by atoms with Crippen molar-refractivity contribution >= 4 is 0 Å². The molecule has 3 saturated carbocycles. The first-order valence-electron chi connectivity index (χ1n) is 14.9. The van der Waals surface area contributed by atoms with Gasteiger partial charge in [0.1, 0.15) is 0 Å². The quantitative estimate of drug-likeness (QED) is 0.162. The van der Waals surface area contributed by atoms with E-state index in [0.29, 0.717) is 31.3 Å². The average molecular weight is 609 g/mol. The Balaban J connectivity index is 1.87. The molecule has 42 heavy (non-hydrogen) atoms. The Morgan fingerprint density at radius 2 is 1.67 bits per heavy atom. The summed E-state index contributed by atoms with van der Waals surface area (Å²) in [6.45, 7) is 9.45. The third kappa shape index (κ3) is 7.71. The van der Waals surface area contributed by atoms with E-state index in [2.05, 4.69) is 13.5 Å². The summed E-state index contributed by atoms with van der Waals surface area (Å²) < 4.78 is 79.6. The van der Waals surface area contributed by atoms with Crippen molar-refractivity contribution < 1.29 is 46.8 Å². The van der Waals surface area contributed by atoms with Crippen molar-refractivity contribution in [1.29, 1.82) is 0 Å². The lowest BCUT2D eigenvalue weighted by atomic mass is 9.60. The summed E-state index contributed by atoms with van der Waals surface area (Å²) in [6.07, 6.45) is -2.24. The first-order chi connectivity index (χ1) is 19.2. The minimum absolute atomic E-state index is 0.0310. The van der Waals surface area contributed by atoms with E-state index in [0.717, 1.165) is 43.8 Å². The van der Waals surface area contributed by atoms with Crippen molar-refractivity contribution in [2.45, 2.75) is 127 Å². The molecule has 3 fully saturated rings. The lowest BCUT2D eigenvalue weighted by molar-refractivity contribution is -0.347. The smallest absolute Gasteiger partial charge is 0.393 e. The highest BCUT2D eigenvalue weighted by atomic mass is 19.4. The summed E-state index contributed by atoms with van der Waals surface area (Å²) >= 11 is 0. The molecule has 240 valence electrons. The summed E-state index contributed by atoms with van der Waals surface area (Å²) in [4.78, 5) is 0. The van der Waals surface area contributed by atoms with Gasteiger partial charge in [0.15, 0.2) is 0 Å². The molecule has 0 amide bonds. The van der Waals surface area contributed by atoms with Crippen LogP contribution in [-0.4, -0.2) is 56.2 Å². The number of fused-ring (bicyclic) bond motifs is 1. The Hall–Kier alpha value is -1.62. The molecule has 0 aromatic carbocycles. The van der Waals surface area contributed by atoms with Crippen LogP contribution in [-0.2, 0) is 0 Å². The number of hydrogen-bond acceptors (Lipinski definition) is 4. The lowest BCUT2D eigenvalue weighted by Gasteiger charge is -2.45. The van der Waals surface area contributed by atoms with Crippen molar-refractivity contribution in [3.63, 3.8) is 0 Å². The molecule has 0 spiro atoms. The maximum atomic E-state index is 13.3. The maximum absolute atomic E-state index is 13.3. The summed E-state index contributed by atoms with van der Waals surface area (Å²) in [5.41, 5.74) is -3.48. The topological polar surface area (TPSA) is 80.9 Å². The zero-order valence-corrected chi connectivity index (χ0v) is 24.7. The molecular weight excluding hydrogens is 562 g/mol. The molecule has 3 aliphatic rings. The van der Waals surface area contributed by atoms with Crippen LogP contribution < -0.4 is 0 Å². The predicted octanol–water partition coefficient (Wildman–Crippen LogP) is 7.49. The number of hydrogen-bond donors (Lipinski definition) is 4. The second kappa shape index (κ2) is 12.8. The van der Waals surface area contributed by atoms with Crippen molar-refractivity contribution in [3.8, 4) is 0 Å². The van der Waals surface area contributed by atoms with Gasteiger partial charge in [0, 0.05) is 6.42 Å². The third-order valence-corrected chi connectivity index (χ3v) is 9.90.